The van der Waals surface area contributed by atoms with Crippen LogP contribution in [0.3, 0.4) is 0 Å². The molecule has 4 aromatic carbocycles. The van der Waals surface area contributed by atoms with Crippen LogP contribution in [0.25, 0.3) is 43.6 Å². The second-order valence-corrected chi connectivity index (χ2v) is 15.0. The van der Waals surface area contributed by atoms with E-state index in [4.69, 9.17) is 5.73 Å². The second-order valence-electron chi connectivity index (χ2n) is 15.0. The molecule has 2 aliphatic rings. The number of para-hydroxylation sites is 4. The maximum Gasteiger partial charge on any atom is 0.253 e. The van der Waals surface area contributed by atoms with Crippen molar-refractivity contribution in [2.24, 2.45) is 5.73 Å². The number of nitrogens with one attached hydrogen (secondary N) is 4. The van der Waals surface area contributed by atoms with Crippen molar-refractivity contribution >= 4 is 85.0 Å². The Bertz CT molecular complexity index is 2650. The molecule has 4 atom stereocenters. The van der Waals surface area contributed by atoms with Gasteiger partial charge in [-0.05, 0) is 37.1 Å². The topological polar surface area (TPSA) is 226 Å². The molecule has 16 heteroatoms. The van der Waals surface area contributed by atoms with E-state index in [1.807, 2.05) is 24.3 Å². The molecule has 0 spiro atoms. The predicted octanol–water partition coefficient (Wildman–Crippen LogP) is 1.93. The van der Waals surface area contributed by atoms with Crippen molar-refractivity contribution in [2.45, 2.75) is 43.9 Å². The Kier molecular flexibility index (Phi) is 10.8. The maximum atomic E-state index is 13.9. The number of carbonyl (C=O) groups excluding carboxylic acids is 7. The van der Waals surface area contributed by atoms with Gasteiger partial charge in [-0.1, -0.05) is 72.8 Å². The van der Waals surface area contributed by atoms with Gasteiger partial charge in [-0.3, -0.25) is 33.6 Å². The Labute approximate surface area is 342 Å². The van der Waals surface area contributed by atoms with Gasteiger partial charge in [0.1, 0.15) is 12.1 Å². The third-order valence-electron chi connectivity index (χ3n) is 11.1. The zero-order chi connectivity index (χ0) is 42.1. The Morgan fingerprint density at radius 2 is 0.933 bits per heavy atom. The number of likely N-dealkylation sites (tertiary alicyclic amines) is 2. The van der Waals surface area contributed by atoms with Gasteiger partial charge in [-0.15, -0.1) is 0 Å². The molecule has 60 heavy (non-hydrogen) atoms. The summed E-state index contributed by atoms with van der Waals surface area (Å²) in [5, 5.41) is 13.5. The lowest BCUT2D eigenvalue weighted by atomic mass is 10.0. The van der Waals surface area contributed by atoms with Gasteiger partial charge >= 0.3 is 0 Å². The summed E-state index contributed by atoms with van der Waals surface area (Å²) in [6, 6.07) is 25.4. The number of rotatable bonds is 10. The van der Waals surface area contributed by atoms with E-state index in [2.05, 4.69) is 31.2 Å². The van der Waals surface area contributed by atoms with Crippen molar-refractivity contribution in [2.75, 3.05) is 26.2 Å². The minimum absolute atomic E-state index is 0.0000828. The quantitative estimate of drug-likeness (QED) is 0.127. The first-order chi connectivity index (χ1) is 29.0. The van der Waals surface area contributed by atoms with E-state index in [0.29, 0.717) is 54.7 Å². The zero-order valence-electron chi connectivity index (χ0n) is 32.5. The van der Waals surface area contributed by atoms with Crippen LogP contribution in [0.4, 0.5) is 0 Å². The average molecular weight is 808 g/mol. The lowest BCUT2D eigenvalue weighted by Crippen LogP contribution is -2.51. The molecule has 0 aliphatic carbocycles. The van der Waals surface area contributed by atoms with E-state index in [1.54, 1.807) is 72.8 Å². The number of fused-ring (bicyclic) bond motifs is 4. The first-order valence-corrected chi connectivity index (χ1v) is 19.5. The first-order valence-electron chi connectivity index (χ1n) is 19.5. The van der Waals surface area contributed by atoms with Gasteiger partial charge in [0.05, 0.1) is 46.3 Å². The van der Waals surface area contributed by atoms with Crippen LogP contribution < -0.4 is 27.0 Å². The lowest BCUT2D eigenvalue weighted by molar-refractivity contribution is -0.138. The SMILES string of the molecule is CC(=O)N[C@H]1C[C@@H](C(=O)N[C@H]2C[C@@H](C(N)=O)N(C(=O)CNC(=O)c3c4ccccc4nc4ccccc34)C2)N(C(=O)CNC(=O)c2c3ccccc3nc3ccccc23)C1. The molecule has 2 fully saturated rings. The molecule has 0 unspecified atom stereocenters. The lowest BCUT2D eigenvalue weighted by Gasteiger charge is -2.25. The van der Waals surface area contributed by atoms with Crippen molar-refractivity contribution in [3.05, 3.63) is 108 Å². The number of amides is 7. The molecule has 8 rings (SSSR count). The fourth-order valence-electron chi connectivity index (χ4n) is 8.40. The number of benzene rings is 4. The fourth-order valence-corrected chi connectivity index (χ4v) is 8.40. The normalized spacial score (nSPS) is 18.8. The van der Waals surface area contributed by atoms with E-state index >= 15 is 0 Å². The van der Waals surface area contributed by atoms with Crippen molar-refractivity contribution in [1.82, 2.24) is 41.0 Å². The highest BCUT2D eigenvalue weighted by Gasteiger charge is 2.43. The van der Waals surface area contributed by atoms with Crippen molar-refractivity contribution in [1.29, 1.82) is 0 Å². The monoisotopic (exact) mass is 807 g/mol. The third-order valence-corrected chi connectivity index (χ3v) is 11.1. The largest absolute Gasteiger partial charge is 0.368 e. The second kappa shape index (κ2) is 16.4. The number of aromatic nitrogens is 2. The fraction of sp³-hybridized carbons (Fsp3) is 0.250. The van der Waals surface area contributed by atoms with E-state index < -0.39 is 72.7 Å². The predicted molar refractivity (Wildman–Crippen MR) is 222 cm³/mol. The average Bonchev–Trinajstić information content (AvgIpc) is 3.87. The number of carbonyl (C=O) groups is 7. The minimum Gasteiger partial charge on any atom is -0.368 e. The molecule has 0 saturated carbocycles. The van der Waals surface area contributed by atoms with Gasteiger partial charge in [0, 0.05) is 53.6 Å². The van der Waals surface area contributed by atoms with Crippen molar-refractivity contribution in [3.63, 3.8) is 0 Å². The van der Waals surface area contributed by atoms with Crippen LogP contribution in [0.2, 0.25) is 0 Å². The van der Waals surface area contributed by atoms with E-state index in [1.165, 1.54) is 16.7 Å². The van der Waals surface area contributed by atoms with E-state index in [9.17, 15) is 33.6 Å². The summed E-state index contributed by atoms with van der Waals surface area (Å²) < 4.78 is 0. The first kappa shape index (κ1) is 39.3. The molecule has 16 nitrogen and oxygen atoms in total. The summed E-state index contributed by atoms with van der Waals surface area (Å²) in [6.07, 6.45) is 0.0871. The molecule has 2 aliphatic heterocycles. The Morgan fingerprint density at radius 1 is 0.567 bits per heavy atom. The molecule has 0 radical (unpaired) electrons. The van der Waals surface area contributed by atoms with Crippen LogP contribution >= 0.6 is 0 Å². The van der Waals surface area contributed by atoms with Crippen LogP contribution in [0.15, 0.2) is 97.1 Å². The highest BCUT2D eigenvalue weighted by Crippen LogP contribution is 2.28. The number of nitrogens with two attached hydrogens (primary N) is 1. The number of hydrogen-bond acceptors (Lipinski definition) is 9. The highest BCUT2D eigenvalue weighted by atomic mass is 16.2. The van der Waals surface area contributed by atoms with Crippen molar-refractivity contribution in [3.8, 4) is 0 Å². The molecular formula is C44H41N9O7. The summed E-state index contributed by atoms with van der Waals surface area (Å²) in [5.41, 5.74) is 8.90. The summed E-state index contributed by atoms with van der Waals surface area (Å²) in [6.45, 7) is 0.366. The molecule has 6 N–H and O–H groups in total. The number of hydrogen-bond donors (Lipinski definition) is 5. The van der Waals surface area contributed by atoms with Gasteiger partial charge in [0.2, 0.25) is 29.5 Å². The Morgan fingerprint density at radius 3 is 1.33 bits per heavy atom. The van der Waals surface area contributed by atoms with Gasteiger partial charge < -0.3 is 36.8 Å². The third kappa shape index (κ3) is 7.74. The molecule has 2 saturated heterocycles. The van der Waals surface area contributed by atoms with Crippen LogP contribution in [-0.2, 0) is 24.0 Å². The molecule has 2 aromatic heterocycles. The van der Waals surface area contributed by atoms with Crippen LogP contribution in [0.5, 0.6) is 0 Å². The molecule has 7 amide bonds. The van der Waals surface area contributed by atoms with Crippen LogP contribution in [0.1, 0.15) is 40.5 Å². The summed E-state index contributed by atoms with van der Waals surface area (Å²) in [4.78, 5) is 105. The molecular weight excluding hydrogens is 767 g/mol. The van der Waals surface area contributed by atoms with Gasteiger partial charge in [-0.25, -0.2) is 9.97 Å². The molecule has 0 bridgehead atoms. The standard InChI is InChI=1S/C44H41N9O7/c1-24(54)48-25-19-36(53(22-25)38(56)21-47-44(60)40-29-12-4-8-16-33(29)51-34-17-9-5-13-30(34)40)42(58)49-26-18-35(41(45)57)52(23-26)37(55)20-46-43(59)39-27-10-2-6-14-31(27)50-32-15-7-3-11-28(32)39/h2-17,25-26,35-36H,18-23H2,1H3,(H2,45,57)(H,46,59)(H,47,60)(H,48,54)(H,49,58)/t25-,26-,35-,36-/m0/s1. The number of nitrogens with zero attached hydrogens (tertiary/aromatic N) is 4. The smallest absolute Gasteiger partial charge is 0.253 e. The summed E-state index contributed by atoms with van der Waals surface area (Å²) >= 11 is 0. The van der Waals surface area contributed by atoms with Crippen molar-refractivity contribution < 1.29 is 33.6 Å². The van der Waals surface area contributed by atoms with Crippen LogP contribution in [0, 0.1) is 0 Å². The Balaban J connectivity index is 0.941. The van der Waals surface area contributed by atoms with Gasteiger partial charge in [0.25, 0.3) is 11.8 Å². The van der Waals surface area contributed by atoms with Crippen LogP contribution in [-0.4, -0.2) is 111 Å². The number of primary amides is 1. The van der Waals surface area contributed by atoms with Gasteiger partial charge in [0.15, 0.2) is 0 Å². The van der Waals surface area contributed by atoms with E-state index in [0.717, 1.165) is 0 Å². The Hall–Kier alpha value is -7.49. The minimum atomic E-state index is -1.08. The molecule has 304 valence electrons. The maximum absolute atomic E-state index is 13.9. The van der Waals surface area contributed by atoms with Gasteiger partial charge in [-0.2, -0.15) is 0 Å². The highest BCUT2D eigenvalue weighted by molar-refractivity contribution is 6.17. The molecule has 4 heterocycles. The summed E-state index contributed by atoms with van der Waals surface area (Å²) in [7, 11) is 0. The zero-order valence-corrected chi connectivity index (χ0v) is 32.5. The molecule has 6 aromatic rings. The van der Waals surface area contributed by atoms with E-state index in [-0.39, 0.29) is 31.8 Å². The summed E-state index contributed by atoms with van der Waals surface area (Å²) in [5.74, 6) is -3.83. The number of pyridine rings is 2.